The van der Waals surface area contributed by atoms with Crippen LogP contribution in [0.15, 0.2) is 18.2 Å². The van der Waals surface area contributed by atoms with Crippen LogP contribution >= 0.6 is 0 Å². The van der Waals surface area contributed by atoms with Crippen LogP contribution in [-0.2, 0) is 14.3 Å². The third kappa shape index (κ3) is 6.50. The first-order chi connectivity index (χ1) is 11.0. The molecule has 1 aromatic rings. The molecule has 0 saturated carbocycles. The molecule has 0 saturated heterocycles. The van der Waals surface area contributed by atoms with Crippen molar-refractivity contribution in [1.29, 1.82) is 0 Å². The number of carbonyl (C=O) groups is 3. The van der Waals surface area contributed by atoms with Gasteiger partial charge in [-0.15, -0.1) is 0 Å². The van der Waals surface area contributed by atoms with E-state index in [2.05, 4.69) is 10.1 Å². The molecule has 0 radical (unpaired) electrons. The first-order valence-electron chi connectivity index (χ1n) is 7.49. The fourth-order valence-electron chi connectivity index (χ4n) is 2.05. The van der Waals surface area contributed by atoms with Gasteiger partial charge in [-0.3, -0.25) is 14.4 Å². The van der Waals surface area contributed by atoms with E-state index in [0.717, 1.165) is 5.56 Å². The van der Waals surface area contributed by atoms with Crippen LogP contribution in [0.2, 0.25) is 0 Å². The van der Waals surface area contributed by atoms with E-state index in [1.807, 2.05) is 13.0 Å². The number of esters is 1. The van der Waals surface area contributed by atoms with Gasteiger partial charge in [0, 0.05) is 25.8 Å². The Balaban J connectivity index is 2.40. The summed E-state index contributed by atoms with van der Waals surface area (Å²) < 4.78 is 9.68. The minimum atomic E-state index is -0.305. The normalized spacial score (nSPS) is 10.0. The maximum Gasteiger partial charge on any atom is 0.305 e. The average Bonchev–Trinajstić information content (AvgIpc) is 2.56. The summed E-state index contributed by atoms with van der Waals surface area (Å²) in [6, 6.07) is 5.37. The van der Waals surface area contributed by atoms with Crippen molar-refractivity contribution < 1.29 is 23.9 Å². The van der Waals surface area contributed by atoms with E-state index in [1.54, 1.807) is 12.1 Å². The van der Waals surface area contributed by atoms with Crippen molar-refractivity contribution >= 4 is 17.7 Å². The maximum absolute atomic E-state index is 12.2. The third-order valence-electron chi connectivity index (χ3n) is 3.34. The molecule has 0 aromatic heterocycles. The van der Waals surface area contributed by atoms with Gasteiger partial charge in [-0.2, -0.15) is 0 Å². The van der Waals surface area contributed by atoms with Crippen LogP contribution in [0.5, 0.6) is 5.75 Å². The highest BCUT2D eigenvalue weighted by Gasteiger charge is 2.14. The Morgan fingerprint density at radius 1 is 1.09 bits per heavy atom. The average molecular weight is 321 g/mol. The van der Waals surface area contributed by atoms with Crippen molar-refractivity contribution in [3.63, 3.8) is 0 Å². The van der Waals surface area contributed by atoms with Crippen LogP contribution in [0.25, 0.3) is 0 Å². The Labute approximate surface area is 136 Å². The maximum atomic E-state index is 12.2. The number of aryl methyl sites for hydroxylation is 1. The van der Waals surface area contributed by atoms with Crippen molar-refractivity contribution in [2.45, 2.75) is 32.6 Å². The molecular weight excluding hydrogens is 298 g/mol. The largest absolute Gasteiger partial charge is 0.496 e. The summed E-state index contributed by atoms with van der Waals surface area (Å²) in [5.74, 6) is -0.134. The van der Waals surface area contributed by atoms with Gasteiger partial charge >= 0.3 is 5.97 Å². The summed E-state index contributed by atoms with van der Waals surface area (Å²) in [5, 5.41) is 2.68. The number of amides is 1. The van der Waals surface area contributed by atoms with E-state index < -0.39 is 0 Å². The smallest absolute Gasteiger partial charge is 0.305 e. The van der Waals surface area contributed by atoms with Crippen LogP contribution in [0.4, 0.5) is 0 Å². The Morgan fingerprint density at radius 3 is 2.48 bits per heavy atom. The number of rotatable bonds is 9. The monoisotopic (exact) mass is 321 g/mol. The highest BCUT2D eigenvalue weighted by atomic mass is 16.5. The van der Waals surface area contributed by atoms with Gasteiger partial charge in [0.1, 0.15) is 5.75 Å². The molecule has 1 aromatic carbocycles. The number of ketones is 1. The SMILES string of the molecule is COC(=O)CCCNC(=O)CCC(=O)c1cc(C)ccc1OC. The minimum Gasteiger partial charge on any atom is -0.496 e. The number of hydrogen-bond acceptors (Lipinski definition) is 5. The minimum absolute atomic E-state index is 0.105. The van der Waals surface area contributed by atoms with Crippen LogP contribution in [0.1, 0.15) is 41.6 Å². The first kappa shape index (κ1) is 18.7. The van der Waals surface area contributed by atoms with Crippen LogP contribution < -0.4 is 10.1 Å². The lowest BCUT2D eigenvalue weighted by molar-refractivity contribution is -0.140. The van der Waals surface area contributed by atoms with Gasteiger partial charge in [0.05, 0.1) is 19.8 Å². The number of Topliss-reactive ketones (excluding diaryl/α,β-unsaturated/α-hetero) is 1. The molecule has 0 aliphatic heterocycles. The Kier molecular flexibility index (Phi) is 7.80. The molecule has 1 amide bonds. The van der Waals surface area contributed by atoms with E-state index >= 15 is 0 Å². The lowest BCUT2D eigenvalue weighted by Crippen LogP contribution is -2.25. The van der Waals surface area contributed by atoms with Crippen molar-refractivity contribution in [3.8, 4) is 5.75 Å². The Morgan fingerprint density at radius 2 is 1.83 bits per heavy atom. The van der Waals surface area contributed by atoms with Crippen molar-refractivity contribution in [3.05, 3.63) is 29.3 Å². The summed E-state index contributed by atoms with van der Waals surface area (Å²) in [7, 11) is 2.83. The van der Waals surface area contributed by atoms with Crippen LogP contribution in [-0.4, -0.2) is 38.4 Å². The highest BCUT2D eigenvalue weighted by Crippen LogP contribution is 2.21. The molecule has 0 heterocycles. The molecule has 0 aliphatic rings. The summed E-state index contributed by atoms with van der Waals surface area (Å²) in [5.41, 5.74) is 1.45. The topological polar surface area (TPSA) is 81.7 Å². The molecule has 0 aliphatic carbocycles. The second-order valence-electron chi connectivity index (χ2n) is 5.16. The quantitative estimate of drug-likeness (QED) is 0.427. The molecular formula is C17H23NO5. The number of hydrogen-bond donors (Lipinski definition) is 1. The van der Waals surface area contributed by atoms with Gasteiger partial charge < -0.3 is 14.8 Å². The summed E-state index contributed by atoms with van der Waals surface area (Å²) >= 11 is 0. The second kappa shape index (κ2) is 9.61. The molecule has 0 unspecified atom stereocenters. The van der Waals surface area contributed by atoms with Gasteiger partial charge in [-0.25, -0.2) is 0 Å². The fraction of sp³-hybridized carbons (Fsp3) is 0.471. The molecule has 6 heteroatoms. The first-order valence-corrected chi connectivity index (χ1v) is 7.49. The van der Waals surface area contributed by atoms with Gasteiger partial charge in [0.15, 0.2) is 5.78 Å². The number of methoxy groups -OCH3 is 2. The molecule has 23 heavy (non-hydrogen) atoms. The molecule has 0 bridgehead atoms. The molecule has 126 valence electrons. The number of carbonyl (C=O) groups excluding carboxylic acids is 3. The van der Waals surface area contributed by atoms with E-state index in [9.17, 15) is 14.4 Å². The lowest BCUT2D eigenvalue weighted by atomic mass is 10.0. The second-order valence-corrected chi connectivity index (χ2v) is 5.16. The molecule has 6 nitrogen and oxygen atoms in total. The van der Waals surface area contributed by atoms with E-state index in [4.69, 9.17) is 4.74 Å². The zero-order valence-electron chi connectivity index (χ0n) is 13.8. The van der Waals surface area contributed by atoms with Gasteiger partial charge in [-0.05, 0) is 25.5 Å². The van der Waals surface area contributed by atoms with Gasteiger partial charge in [0.2, 0.25) is 5.91 Å². The predicted octanol–water partition coefficient (Wildman–Crippen LogP) is 2.04. The zero-order chi connectivity index (χ0) is 17.2. The predicted molar refractivity (Wildman–Crippen MR) is 85.6 cm³/mol. The summed E-state index contributed by atoms with van der Waals surface area (Å²) in [6.07, 6.45) is 0.991. The molecule has 1 N–H and O–H groups in total. The summed E-state index contributed by atoms with van der Waals surface area (Å²) in [6.45, 7) is 2.28. The fourth-order valence-corrected chi connectivity index (χ4v) is 2.05. The standard InChI is InChI=1S/C17H23NO5/c1-12-6-8-15(22-2)13(11-12)14(19)7-9-16(20)18-10-4-5-17(21)23-3/h6,8,11H,4-5,7,9-10H2,1-3H3,(H,18,20). The molecule has 0 fully saturated rings. The number of nitrogens with one attached hydrogen (secondary N) is 1. The van der Waals surface area contributed by atoms with Crippen LogP contribution in [0, 0.1) is 6.92 Å². The zero-order valence-corrected chi connectivity index (χ0v) is 13.8. The highest BCUT2D eigenvalue weighted by molar-refractivity contribution is 6.00. The Bertz CT molecular complexity index is 568. The van der Waals surface area contributed by atoms with E-state index in [1.165, 1.54) is 14.2 Å². The van der Waals surface area contributed by atoms with Crippen molar-refractivity contribution in [1.82, 2.24) is 5.32 Å². The summed E-state index contributed by atoms with van der Waals surface area (Å²) in [4.78, 5) is 34.8. The Hall–Kier alpha value is -2.37. The van der Waals surface area contributed by atoms with Crippen molar-refractivity contribution in [2.24, 2.45) is 0 Å². The van der Waals surface area contributed by atoms with Crippen LogP contribution in [0.3, 0.4) is 0 Å². The third-order valence-corrected chi connectivity index (χ3v) is 3.34. The number of benzene rings is 1. The van der Waals surface area contributed by atoms with E-state index in [0.29, 0.717) is 24.3 Å². The van der Waals surface area contributed by atoms with Crippen molar-refractivity contribution in [2.75, 3.05) is 20.8 Å². The molecule has 0 atom stereocenters. The van der Waals surface area contributed by atoms with E-state index in [-0.39, 0.29) is 36.9 Å². The molecule has 0 spiro atoms. The van der Waals surface area contributed by atoms with Gasteiger partial charge in [0.25, 0.3) is 0 Å². The number of ether oxygens (including phenoxy) is 2. The molecule has 1 rings (SSSR count). The lowest BCUT2D eigenvalue weighted by Gasteiger charge is -2.09. The van der Waals surface area contributed by atoms with Gasteiger partial charge in [-0.1, -0.05) is 11.6 Å².